The van der Waals surface area contributed by atoms with Crippen LogP contribution in [0.15, 0.2) is 23.1 Å². The molecule has 0 fully saturated rings. The lowest BCUT2D eigenvalue weighted by Gasteiger charge is -2.04. The van der Waals surface area contributed by atoms with Crippen molar-refractivity contribution in [3.63, 3.8) is 0 Å². The van der Waals surface area contributed by atoms with Crippen molar-refractivity contribution < 1.29 is 14.7 Å². The minimum absolute atomic E-state index is 0.0534. The molecular weight excluding hydrogens is 224 g/mol. The third-order valence-corrected chi connectivity index (χ3v) is 2.80. The molecule has 0 aliphatic heterocycles. The fraction of sp³-hybridized carbons (Fsp3) is 0.111. The van der Waals surface area contributed by atoms with Gasteiger partial charge in [0.2, 0.25) is 0 Å². The van der Waals surface area contributed by atoms with Crippen molar-refractivity contribution in [2.24, 2.45) is 0 Å². The van der Waals surface area contributed by atoms with Crippen molar-refractivity contribution in [3.8, 4) is 0 Å². The zero-order valence-electron chi connectivity index (χ0n) is 7.28. The molecule has 1 rings (SSSR count). The van der Waals surface area contributed by atoms with E-state index in [0.717, 1.165) is 11.8 Å². The molecule has 74 valence electrons. The summed E-state index contributed by atoms with van der Waals surface area (Å²) in [5.41, 5.74) is 0.0534. The van der Waals surface area contributed by atoms with Crippen LogP contribution in [0.2, 0.25) is 5.02 Å². The summed E-state index contributed by atoms with van der Waals surface area (Å²) in [4.78, 5) is 21.9. The van der Waals surface area contributed by atoms with Crippen LogP contribution >= 0.6 is 23.4 Å². The van der Waals surface area contributed by atoms with Crippen LogP contribution in [0.4, 0.5) is 0 Å². The van der Waals surface area contributed by atoms with Gasteiger partial charge in [-0.3, -0.25) is 4.79 Å². The minimum atomic E-state index is -1.09. The van der Waals surface area contributed by atoms with Crippen LogP contribution in [-0.4, -0.2) is 16.2 Å². The largest absolute Gasteiger partial charge is 0.478 e. The van der Waals surface area contributed by atoms with E-state index in [-0.39, 0.29) is 15.7 Å². The maximum Gasteiger partial charge on any atom is 0.336 e. The highest BCUT2D eigenvalue weighted by Crippen LogP contribution is 2.31. The first-order chi connectivity index (χ1) is 6.52. The highest BCUT2D eigenvalue weighted by atomic mass is 35.5. The number of benzene rings is 1. The number of carboxylic acid groups (broad SMARTS) is 1. The summed E-state index contributed by atoms with van der Waals surface area (Å²) in [6, 6.07) is 4.51. The van der Waals surface area contributed by atoms with E-state index < -0.39 is 5.97 Å². The number of carbonyl (C=O) groups excluding carboxylic acids is 1. The Kier molecular flexibility index (Phi) is 3.55. The molecule has 0 saturated heterocycles. The molecule has 1 N–H and O–H groups in total. The van der Waals surface area contributed by atoms with Gasteiger partial charge in [0.1, 0.15) is 0 Å². The summed E-state index contributed by atoms with van der Waals surface area (Å²) in [6.07, 6.45) is 0. The highest BCUT2D eigenvalue weighted by Gasteiger charge is 2.14. The zero-order valence-corrected chi connectivity index (χ0v) is 8.85. The molecular formula is C9H7ClO3S. The molecule has 0 aliphatic rings. The molecule has 1 aromatic carbocycles. The fourth-order valence-corrected chi connectivity index (χ4v) is 1.93. The van der Waals surface area contributed by atoms with E-state index in [2.05, 4.69) is 0 Å². The molecule has 0 amide bonds. The van der Waals surface area contributed by atoms with Crippen molar-refractivity contribution in [1.29, 1.82) is 0 Å². The number of hydrogen-bond acceptors (Lipinski definition) is 3. The number of carbonyl (C=O) groups is 2. The second kappa shape index (κ2) is 4.48. The van der Waals surface area contributed by atoms with Gasteiger partial charge in [-0.15, -0.1) is 0 Å². The van der Waals surface area contributed by atoms with Crippen LogP contribution in [0.25, 0.3) is 0 Å². The molecule has 0 unspecified atom stereocenters. The first kappa shape index (κ1) is 11.1. The first-order valence-electron chi connectivity index (χ1n) is 3.72. The molecule has 0 spiro atoms. The maximum atomic E-state index is 10.9. The van der Waals surface area contributed by atoms with E-state index in [1.165, 1.54) is 19.1 Å². The summed E-state index contributed by atoms with van der Waals surface area (Å²) >= 11 is 6.61. The van der Waals surface area contributed by atoms with Gasteiger partial charge in [0.15, 0.2) is 5.12 Å². The van der Waals surface area contributed by atoms with E-state index in [0.29, 0.717) is 4.90 Å². The molecule has 0 aliphatic carbocycles. The number of aromatic carboxylic acids is 1. The number of carboxylic acids is 1. The number of halogens is 1. The Bertz CT molecular complexity index is 390. The number of rotatable bonds is 2. The fourth-order valence-electron chi connectivity index (χ4n) is 0.925. The third-order valence-electron chi connectivity index (χ3n) is 1.44. The molecule has 1 aromatic rings. The topological polar surface area (TPSA) is 54.4 Å². The molecule has 3 nitrogen and oxygen atoms in total. The van der Waals surface area contributed by atoms with E-state index in [9.17, 15) is 9.59 Å². The van der Waals surface area contributed by atoms with Gasteiger partial charge in [0.05, 0.1) is 10.6 Å². The van der Waals surface area contributed by atoms with Gasteiger partial charge in [-0.2, -0.15) is 0 Å². The second-order valence-electron chi connectivity index (χ2n) is 2.52. The van der Waals surface area contributed by atoms with Crippen LogP contribution < -0.4 is 0 Å². The lowest BCUT2D eigenvalue weighted by atomic mass is 10.2. The monoisotopic (exact) mass is 230 g/mol. The van der Waals surface area contributed by atoms with Crippen LogP contribution in [0.3, 0.4) is 0 Å². The Morgan fingerprint density at radius 2 is 2.07 bits per heavy atom. The predicted octanol–water partition coefficient (Wildman–Crippen LogP) is 2.68. The summed E-state index contributed by atoms with van der Waals surface area (Å²) in [7, 11) is 0. The Labute approximate surface area is 90.1 Å². The van der Waals surface area contributed by atoms with Crippen LogP contribution in [0.1, 0.15) is 17.3 Å². The highest BCUT2D eigenvalue weighted by molar-refractivity contribution is 8.13. The summed E-state index contributed by atoms with van der Waals surface area (Å²) < 4.78 is 0. The standard InChI is InChI=1S/C9H7ClO3S/c1-5(11)14-8-6(9(12)13)3-2-4-7(8)10/h2-4H,1H3,(H,12,13). The zero-order chi connectivity index (χ0) is 10.7. The SMILES string of the molecule is CC(=O)Sc1c(Cl)cccc1C(=O)O. The quantitative estimate of drug-likeness (QED) is 0.794. The first-order valence-corrected chi connectivity index (χ1v) is 4.92. The van der Waals surface area contributed by atoms with Gasteiger partial charge in [-0.1, -0.05) is 17.7 Å². The van der Waals surface area contributed by atoms with Crippen LogP contribution in [0.5, 0.6) is 0 Å². The van der Waals surface area contributed by atoms with Crippen molar-refractivity contribution >= 4 is 34.4 Å². The maximum absolute atomic E-state index is 10.9. The van der Waals surface area contributed by atoms with Crippen molar-refractivity contribution in [3.05, 3.63) is 28.8 Å². The number of hydrogen-bond donors (Lipinski definition) is 1. The third kappa shape index (κ3) is 2.49. The molecule has 0 heterocycles. The molecule has 0 radical (unpaired) electrons. The molecule has 0 aromatic heterocycles. The molecule has 14 heavy (non-hydrogen) atoms. The summed E-state index contributed by atoms with van der Waals surface area (Å²) in [5.74, 6) is -1.09. The Hall–Kier alpha value is -1.00. The molecule has 0 bridgehead atoms. The lowest BCUT2D eigenvalue weighted by Crippen LogP contribution is -2.00. The molecule has 5 heteroatoms. The van der Waals surface area contributed by atoms with E-state index in [1.54, 1.807) is 6.07 Å². The summed E-state index contributed by atoms with van der Waals surface area (Å²) in [5, 5.41) is 8.91. The van der Waals surface area contributed by atoms with Crippen molar-refractivity contribution in [1.82, 2.24) is 0 Å². The van der Waals surface area contributed by atoms with Crippen LogP contribution in [0, 0.1) is 0 Å². The Balaban J connectivity index is 3.22. The second-order valence-corrected chi connectivity index (χ2v) is 4.11. The average Bonchev–Trinajstić information content (AvgIpc) is 2.07. The van der Waals surface area contributed by atoms with Crippen molar-refractivity contribution in [2.45, 2.75) is 11.8 Å². The minimum Gasteiger partial charge on any atom is -0.478 e. The van der Waals surface area contributed by atoms with Gasteiger partial charge >= 0.3 is 5.97 Å². The van der Waals surface area contributed by atoms with Gasteiger partial charge in [-0.25, -0.2) is 4.79 Å². The number of thioether (sulfide) groups is 1. The summed E-state index contributed by atoms with van der Waals surface area (Å²) in [6.45, 7) is 1.36. The molecule has 0 atom stereocenters. The normalized spacial score (nSPS) is 9.86. The van der Waals surface area contributed by atoms with Gasteiger partial charge in [-0.05, 0) is 23.9 Å². The van der Waals surface area contributed by atoms with E-state index >= 15 is 0 Å². The predicted molar refractivity (Wildman–Crippen MR) is 54.9 cm³/mol. The lowest BCUT2D eigenvalue weighted by molar-refractivity contribution is -0.109. The van der Waals surface area contributed by atoms with Crippen LogP contribution in [-0.2, 0) is 4.79 Å². The van der Waals surface area contributed by atoms with Gasteiger partial charge < -0.3 is 5.11 Å². The average molecular weight is 231 g/mol. The van der Waals surface area contributed by atoms with Gasteiger partial charge in [0, 0.05) is 11.8 Å². The Morgan fingerprint density at radius 3 is 2.57 bits per heavy atom. The molecule has 0 saturated carbocycles. The van der Waals surface area contributed by atoms with Crippen molar-refractivity contribution in [2.75, 3.05) is 0 Å². The van der Waals surface area contributed by atoms with E-state index in [1.807, 2.05) is 0 Å². The smallest absolute Gasteiger partial charge is 0.336 e. The Morgan fingerprint density at radius 1 is 1.43 bits per heavy atom. The van der Waals surface area contributed by atoms with Gasteiger partial charge in [0.25, 0.3) is 0 Å². The van der Waals surface area contributed by atoms with E-state index in [4.69, 9.17) is 16.7 Å².